The number of carbonyl (C=O) groups excluding carboxylic acids is 1. The minimum absolute atomic E-state index is 0.200. The lowest BCUT2D eigenvalue weighted by atomic mass is 10.1. The molecule has 0 aliphatic rings. The summed E-state index contributed by atoms with van der Waals surface area (Å²) in [4.78, 5) is 12.4. The first-order valence-electron chi connectivity index (χ1n) is 6.44. The summed E-state index contributed by atoms with van der Waals surface area (Å²) in [5, 5.41) is 2.10. The van der Waals surface area contributed by atoms with Gasteiger partial charge in [0.15, 0.2) is 11.0 Å². The van der Waals surface area contributed by atoms with E-state index in [1.165, 1.54) is 0 Å². The summed E-state index contributed by atoms with van der Waals surface area (Å²) in [7, 11) is 0. The molecule has 21 heavy (non-hydrogen) atoms. The lowest BCUT2D eigenvalue weighted by Crippen LogP contribution is -1.98. The number of fused-ring (bicyclic) bond motifs is 3. The Labute approximate surface area is 124 Å². The standard InChI is InChI=1S/C17H9ClO3/c18-16-8-7-15(21-16)17(19)10-5-6-14-12(9-10)11-3-1-2-4-13(11)20-14/h1-9H. The molecule has 4 rings (SSSR count). The third-order valence-electron chi connectivity index (χ3n) is 3.44. The van der Waals surface area contributed by atoms with Gasteiger partial charge in [0.2, 0.25) is 5.78 Å². The molecular weight excluding hydrogens is 288 g/mol. The van der Waals surface area contributed by atoms with Crippen molar-refractivity contribution in [2.24, 2.45) is 0 Å². The molecule has 0 saturated carbocycles. The first kappa shape index (κ1) is 12.2. The molecule has 2 aromatic heterocycles. The van der Waals surface area contributed by atoms with Crippen LogP contribution in [0.2, 0.25) is 5.22 Å². The van der Waals surface area contributed by atoms with Crippen molar-refractivity contribution < 1.29 is 13.6 Å². The summed E-state index contributed by atoms with van der Waals surface area (Å²) < 4.78 is 10.9. The van der Waals surface area contributed by atoms with Crippen LogP contribution < -0.4 is 0 Å². The van der Waals surface area contributed by atoms with E-state index in [2.05, 4.69) is 0 Å². The molecule has 0 bridgehead atoms. The van der Waals surface area contributed by atoms with Crippen molar-refractivity contribution in [1.29, 1.82) is 0 Å². The van der Waals surface area contributed by atoms with Crippen molar-refractivity contribution in [3.8, 4) is 0 Å². The zero-order valence-corrected chi connectivity index (χ0v) is 11.6. The molecule has 0 aliphatic heterocycles. The van der Waals surface area contributed by atoms with Crippen molar-refractivity contribution in [1.82, 2.24) is 0 Å². The molecule has 2 aromatic carbocycles. The van der Waals surface area contributed by atoms with Crippen LogP contribution in [0.25, 0.3) is 21.9 Å². The summed E-state index contributed by atoms with van der Waals surface area (Å²) in [5.74, 6) is 0.0289. The zero-order valence-electron chi connectivity index (χ0n) is 10.8. The normalized spacial score (nSPS) is 11.3. The number of ketones is 1. The molecule has 0 aliphatic carbocycles. The van der Waals surface area contributed by atoms with E-state index in [0.717, 1.165) is 21.9 Å². The van der Waals surface area contributed by atoms with Gasteiger partial charge in [-0.05, 0) is 48.0 Å². The maximum atomic E-state index is 12.4. The molecule has 0 radical (unpaired) electrons. The summed E-state index contributed by atoms with van der Waals surface area (Å²) in [6.45, 7) is 0. The van der Waals surface area contributed by atoms with Gasteiger partial charge in [0, 0.05) is 16.3 Å². The monoisotopic (exact) mass is 296 g/mol. The topological polar surface area (TPSA) is 43.4 Å². The van der Waals surface area contributed by atoms with Crippen LogP contribution >= 0.6 is 11.6 Å². The van der Waals surface area contributed by atoms with Crippen LogP contribution in [-0.2, 0) is 0 Å². The number of hydrogen-bond donors (Lipinski definition) is 0. The van der Waals surface area contributed by atoms with Crippen molar-refractivity contribution in [3.63, 3.8) is 0 Å². The van der Waals surface area contributed by atoms with Crippen molar-refractivity contribution >= 4 is 39.3 Å². The van der Waals surface area contributed by atoms with Crippen LogP contribution in [0.1, 0.15) is 16.1 Å². The minimum Gasteiger partial charge on any atom is -0.456 e. The van der Waals surface area contributed by atoms with Gasteiger partial charge < -0.3 is 8.83 Å². The Morgan fingerprint density at radius 1 is 0.857 bits per heavy atom. The fourth-order valence-corrected chi connectivity index (χ4v) is 2.59. The van der Waals surface area contributed by atoms with Crippen molar-refractivity contribution in [3.05, 3.63) is 71.1 Å². The third kappa shape index (κ3) is 1.94. The Kier molecular flexibility index (Phi) is 2.62. The number of carbonyl (C=O) groups is 1. The van der Waals surface area contributed by atoms with Gasteiger partial charge >= 0.3 is 0 Å². The summed E-state index contributed by atoms with van der Waals surface area (Å²) in [6.07, 6.45) is 0. The Morgan fingerprint density at radius 2 is 1.67 bits per heavy atom. The van der Waals surface area contributed by atoms with Gasteiger partial charge in [0.05, 0.1) is 0 Å². The van der Waals surface area contributed by atoms with Crippen LogP contribution in [0.3, 0.4) is 0 Å². The SMILES string of the molecule is O=C(c1ccc2oc3ccccc3c2c1)c1ccc(Cl)o1. The van der Waals surface area contributed by atoms with Crippen LogP contribution in [0.15, 0.2) is 63.4 Å². The molecular formula is C17H9ClO3. The van der Waals surface area contributed by atoms with E-state index in [1.54, 1.807) is 24.3 Å². The fourth-order valence-electron chi connectivity index (χ4n) is 2.45. The Balaban J connectivity index is 1.90. The second-order valence-electron chi connectivity index (χ2n) is 4.74. The summed E-state index contributed by atoms with van der Waals surface area (Å²) in [6, 6.07) is 16.2. The van der Waals surface area contributed by atoms with Gasteiger partial charge in [-0.2, -0.15) is 0 Å². The second-order valence-corrected chi connectivity index (χ2v) is 5.11. The highest BCUT2D eigenvalue weighted by atomic mass is 35.5. The Morgan fingerprint density at radius 3 is 2.48 bits per heavy atom. The molecule has 102 valence electrons. The maximum absolute atomic E-state index is 12.4. The van der Waals surface area contributed by atoms with Gasteiger partial charge in [-0.1, -0.05) is 18.2 Å². The molecule has 0 fully saturated rings. The molecule has 3 nitrogen and oxygen atoms in total. The summed E-state index contributed by atoms with van der Waals surface area (Å²) in [5.41, 5.74) is 2.10. The van der Waals surface area contributed by atoms with Crippen molar-refractivity contribution in [2.45, 2.75) is 0 Å². The zero-order chi connectivity index (χ0) is 14.4. The lowest BCUT2D eigenvalue weighted by molar-refractivity contribution is 0.101. The Hall–Kier alpha value is -2.52. The van der Waals surface area contributed by atoms with Gasteiger partial charge in [0.25, 0.3) is 0 Å². The molecule has 0 atom stereocenters. The Bertz CT molecular complexity index is 978. The lowest BCUT2D eigenvalue weighted by Gasteiger charge is -1.98. The largest absolute Gasteiger partial charge is 0.456 e. The first-order chi connectivity index (χ1) is 10.2. The number of para-hydroxylation sites is 1. The van der Waals surface area contributed by atoms with E-state index in [9.17, 15) is 4.79 Å². The minimum atomic E-state index is -0.200. The van der Waals surface area contributed by atoms with Gasteiger partial charge in [-0.15, -0.1) is 0 Å². The fraction of sp³-hybridized carbons (Fsp3) is 0. The smallest absolute Gasteiger partial charge is 0.228 e. The maximum Gasteiger partial charge on any atom is 0.228 e. The molecule has 0 amide bonds. The second kappa shape index (κ2) is 4.50. The number of rotatable bonds is 2. The molecule has 4 aromatic rings. The number of benzene rings is 2. The average molecular weight is 297 g/mol. The number of furan rings is 2. The molecule has 4 heteroatoms. The van der Waals surface area contributed by atoms with E-state index >= 15 is 0 Å². The summed E-state index contributed by atoms with van der Waals surface area (Å²) >= 11 is 5.71. The van der Waals surface area contributed by atoms with Crippen LogP contribution in [0.5, 0.6) is 0 Å². The predicted molar refractivity (Wildman–Crippen MR) is 80.9 cm³/mol. The molecule has 2 heterocycles. The van der Waals surface area contributed by atoms with E-state index in [0.29, 0.717) is 5.56 Å². The van der Waals surface area contributed by atoms with E-state index in [4.69, 9.17) is 20.4 Å². The van der Waals surface area contributed by atoms with Crippen molar-refractivity contribution in [2.75, 3.05) is 0 Å². The average Bonchev–Trinajstić information content (AvgIpc) is 3.09. The molecule has 0 saturated heterocycles. The van der Waals surface area contributed by atoms with E-state index < -0.39 is 0 Å². The van der Waals surface area contributed by atoms with Gasteiger partial charge in [-0.3, -0.25) is 4.79 Å². The van der Waals surface area contributed by atoms with Gasteiger partial charge in [0.1, 0.15) is 11.2 Å². The van der Waals surface area contributed by atoms with Gasteiger partial charge in [-0.25, -0.2) is 0 Å². The van der Waals surface area contributed by atoms with E-state index in [1.807, 2.05) is 30.3 Å². The highest BCUT2D eigenvalue weighted by Gasteiger charge is 2.15. The van der Waals surface area contributed by atoms with Crippen LogP contribution in [0, 0.1) is 0 Å². The third-order valence-corrected chi connectivity index (χ3v) is 3.64. The quantitative estimate of drug-likeness (QED) is 0.485. The molecule has 0 unspecified atom stereocenters. The van der Waals surface area contributed by atoms with Crippen LogP contribution in [0.4, 0.5) is 0 Å². The first-order valence-corrected chi connectivity index (χ1v) is 6.81. The molecule has 0 N–H and O–H groups in total. The van der Waals surface area contributed by atoms with Crippen LogP contribution in [-0.4, -0.2) is 5.78 Å². The van der Waals surface area contributed by atoms with E-state index in [-0.39, 0.29) is 16.8 Å². The molecule has 0 spiro atoms. The number of halogens is 1. The number of hydrogen-bond acceptors (Lipinski definition) is 3. The highest BCUT2D eigenvalue weighted by molar-refractivity contribution is 6.29. The highest BCUT2D eigenvalue weighted by Crippen LogP contribution is 2.30. The predicted octanol–water partition coefficient (Wildman–Crippen LogP) is 5.06.